The minimum atomic E-state index is 0.274. The molecular formula is C12H24N2O. The van der Waals surface area contributed by atoms with E-state index in [0.29, 0.717) is 6.54 Å². The fraction of sp³-hybridized carbons (Fsp3) is 1.00. The molecule has 2 N–H and O–H groups in total. The molecular weight excluding hydrogens is 188 g/mol. The summed E-state index contributed by atoms with van der Waals surface area (Å²) in [4.78, 5) is 2.61. The number of ether oxygens (including phenoxy) is 1. The third-order valence-corrected chi connectivity index (χ3v) is 3.86. The number of nitrogens with two attached hydrogens (primary N) is 1. The molecule has 1 heterocycles. The molecule has 0 radical (unpaired) electrons. The van der Waals surface area contributed by atoms with Gasteiger partial charge in [0.2, 0.25) is 0 Å². The molecule has 0 aromatic rings. The highest BCUT2D eigenvalue weighted by Gasteiger charge is 2.28. The average Bonchev–Trinajstić information content (AvgIpc) is 2.29. The van der Waals surface area contributed by atoms with E-state index in [1.807, 2.05) is 0 Å². The summed E-state index contributed by atoms with van der Waals surface area (Å²) < 4.78 is 5.61. The minimum absolute atomic E-state index is 0.274. The SMILES string of the molecule is CC1CCCC(N2CCOC(CN)C2)C1. The van der Waals surface area contributed by atoms with Crippen molar-refractivity contribution in [3.05, 3.63) is 0 Å². The van der Waals surface area contributed by atoms with Crippen LogP contribution in [-0.4, -0.2) is 43.3 Å². The predicted octanol–water partition coefficient (Wildman–Crippen LogP) is 1.22. The molecule has 2 aliphatic rings. The van der Waals surface area contributed by atoms with Gasteiger partial charge in [-0.15, -0.1) is 0 Å². The van der Waals surface area contributed by atoms with Gasteiger partial charge < -0.3 is 10.5 Å². The van der Waals surface area contributed by atoms with Gasteiger partial charge in [0.05, 0.1) is 12.7 Å². The standard InChI is InChI=1S/C12H24N2O/c1-10-3-2-4-11(7-10)14-5-6-15-12(8-13)9-14/h10-12H,2-9,13H2,1H3. The van der Waals surface area contributed by atoms with Crippen LogP contribution in [0.15, 0.2) is 0 Å². The topological polar surface area (TPSA) is 38.5 Å². The maximum absolute atomic E-state index is 5.67. The van der Waals surface area contributed by atoms with Crippen LogP contribution in [-0.2, 0) is 4.74 Å². The summed E-state index contributed by atoms with van der Waals surface area (Å²) in [6.07, 6.45) is 5.84. The van der Waals surface area contributed by atoms with Crippen LogP contribution in [0.2, 0.25) is 0 Å². The van der Waals surface area contributed by atoms with E-state index in [2.05, 4.69) is 11.8 Å². The average molecular weight is 212 g/mol. The Hall–Kier alpha value is -0.120. The number of nitrogens with zero attached hydrogens (tertiary/aromatic N) is 1. The number of morpholine rings is 1. The predicted molar refractivity (Wildman–Crippen MR) is 61.8 cm³/mol. The lowest BCUT2D eigenvalue weighted by atomic mass is 9.86. The van der Waals surface area contributed by atoms with Gasteiger partial charge in [0.1, 0.15) is 0 Å². The van der Waals surface area contributed by atoms with E-state index in [-0.39, 0.29) is 6.10 Å². The zero-order chi connectivity index (χ0) is 10.7. The van der Waals surface area contributed by atoms with Crippen molar-refractivity contribution in [3.8, 4) is 0 Å². The Morgan fingerprint density at radius 2 is 2.27 bits per heavy atom. The van der Waals surface area contributed by atoms with Crippen molar-refractivity contribution < 1.29 is 4.74 Å². The van der Waals surface area contributed by atoms with E-state index in [9.17, 15) is 0 Å². The van der Waals surface area contributed by atoms with Crippen LogP contribution in [0.1, 0.15) is 32.6 Å². The molecule has 3 atom stereocenters. The zero-order valence-corrected chi connectivity index (χ0v) is 9.82. The fourth-order valence-corrected chi connectivity index (χ4v) is 2.95. The van der Waals surface area contributed by atoms with Crippen LogP contribution in [0.25, 0.3) is 0 Å². The molecule has 0 spiro atoms. The number of hydrogen-bond donors (Lipinski definition) is 1. The smallest absolute Gasteiger partial charge is 0.0824 e. The van der Waals surface area contributed by atoms with Gasteiger partial charge in [0.25, 0.3) is 0 Å². The molecule has 0 aromatic heterocycles. The monoisotopic (exact) mass is 212 g/mol. The fourth-order valence-electron chi connectivity index (χ4n) is 2.95. The summed E-state index contributed by atoms with van der Waals surface area (Å²) in [5, 5.41) is 0. The second-order valence-corrected chi connectivity index (χ2v) is 5.15. The first-order valence-corrected chi connectivity index (χ1v) is 6.35. The molecule has 1 saturated carbocycles. The molecule has 2 rings (SSSR count). The van der Waals surface area contributed by atoms with Gasteiger partial charge in [-0.2, -0.15) is 0 Å². The van der Waals surface area contributed by atoms with E-state index < -0.39 is 0 Å². The molecule has 1 saturated heterocycles. The van der Waals surface area contributed by atoms with Crippen LogP contribution in [0, 0.1) is 5.92 Å². The largest absolute Gasteiger partial charge is 0.374 e. The molecule has 3 heteroatoms. The van der Waals surface area contributed by atoms with Gasteiger partial charge in [0, 0.05) is 25.7 Å². The first-order valence-electron chi connectivity index (χ1n) is 6.35. The van der Waals surface area contributed by atoms with Crippen LogP contribution in [0.3, 0.4) is 0 Å². The van der Waals surface area contributed by atoms with E-state index >= 15 is 0 Å². The molecule has 1 aliphatic carbocycles. The van der Waals surface area contributed by atoms with Crippen molar-refractivity contribution in [1.29, 1.82) is 0 Å². The third-order valence-electron chi connectivity index (χ3n) is 3.86. The van der Waals surface area contributed by atoms with Crippen molar-refractivity contribution in [3.63, 3.8) is 0 Å². The summed E-state index contributed by atoms with van der Waals surface area (Å²) in [5.74, 6) is 0.905. The Bertz CT molecular complexity index is 198. The number of rotatable bonds is 2. The summed E-state index contributed by atoms with van der Waals surface area (Å²) in [6, 6.07) is 0.798. The van der Waals surface area contributed by atoms with E-state index in [0.717, 1.165) is 31.7 Å². The summed E-state index contributed by atoms with van der Waals surface area (Å²) in [6.45, 7) is 6.07. The Kier molecular flexibility index (Phi) is 4.00. The van der Waals surface area contributed by atoms with Gasteiger partial charge in [0.15, 0.2) is 0 Å². The highest BCUT2D eigenvalue weighted by Crippen LogP contribution is 2.28. The Balaban J connectivity index is 1.86. The van der Waals surface area contributed by atoms with Gasteiger partial charge >= 0.3 is 0 Å². The molecule has 0 amide bonds. The minimum Gasteiger partial charge on any atom is -0.374 e. The van der Waals surface area contributed by atoms with Crippen LogP contribution in [0.4, 0.5) is 0 Å². The molecule has 2 fully saturated rings. The second-order valence-electron chi connectivity index (χ2n) is 5.15. The first-order chi connectivity index (χ1) is 7.29. The second kappa shape index (κ2) is 5.28. The quantitative estimate of drug-likeness (QED) is 0.748. The molecule has 15 heavy (non-hydrogen) atoms. The number of hydrogen-bond acceptors (Lipinski definition) is 3. The molecule has 3 unspecified atom stereocenters. The highest BCUT2D eigenvalue weighted by molar-refractivity contribution is 4.82. The lowest BCUT2D eigenvalue weighted by molar-refractivity contribution is -0.0462. The maximum atomic E-state index is 5.67. The van der Waals surface area contributed by atoms with Gasteiger partial charge in [-0.05, 0) is 18.8 Å². The Morgan fingerprint density at radius 1 is 1.40 bits per heavy atom. The van der Waals surface area contributed by atoms with Crippen molar-refractivity contribution >= 4 is 0 Å². The molecule has 3 nitrogen and oxygen atoms in total. The summed E-state index contributed by atoms with van der Waals surface area (Å²) >= 11 is 0. The zero-order valence-electron chi connectivity index (χ0n) is 9.82. The van der Waals surface area contributed by atoms with Crippen LogP contribution >= 0.6 is 0 Å². The van der Waals surface area contributed by atoms with Crippen molar-refractivity contribution in [2.24, 2.45) is 11.7 Å². The molecule has 1 aliphatic heterocycles. The summed E-state index contributed by atoms with van der Waals surface area (Å²) in [7, 11) is 0. The molecule has 88 valence electrons. The molecule has 0 aromatic carbocycles. The van der Waals surface area contributed by atoms with Crippen LogP contribution in [0.5, 0.6) is 0 Å². The van der Waals surface area contributed by atoms with Crippen molar-refractivity contribution in [2.45, 2.75) is 44.8 Å². The highest BCUT2D eigenvalue weighted by atomic mass is 16.5. The van der Waals surface area contributed by atoms with Gasteiger partial charge in [-0.3, -0.25) is 4.90 Å². The summed E-state index contributed by atoms with van der Waals surface area (Å²) in [5.41, 5.74) is 5.67. The lowest BCUT2D eigenvalue weighted by Crippen LogP contribution is -2.50. The van der Waals surface area contributed by atoms with Crippen LogP contribution < -0.4 is 5.73 Å². The van der Waals surface area contributed by atoms with E-state index in [1.165, 1.54) is 25.7 Å². The van der Waals surface area contributed by atoms with E-state index in [1.54, 1.807) is 0 Å². The first kappa shape index (κ1) is 11.4. The van der Waals surface area contributed by atoms with Crippen molar-refractivity contribution in [2.75, 3.05) is 26.2 Å². The normalized spacial score (nSPS) is 39.2. The van der Waals surface area contributed by atoms with Gasteiger partial charge in [-0.25, -0.2) is 0 Å². The lowest BCUT2D eigenvalue weighted by Gasteiger charge is -2.41. The molecule has 0 bridgehead atoms. The Morgan fingerprint density at radius 3 is 3.00 bits per heavy atom. The van der Waals surface area contributed by atoms with E-state index in [4.69, 9.17) is 10.5 Å². The van der Waals surface area contributed by atoms with Gasteiger partial charge in [-0.1, -0.05) is 19.8 Å². The third kappa shape index (κ3) is 2.92. The Labute approximate surface area is 93.0 Å². The van der Waals surface area contributed by atoms with Crippen molar-refractivity contribution in [1.82, 2.24) is 4.90 Å². The maximum Gasteiger partial charge on any atom is 0.0824 e.